The van der Waals surface area contributed by atoms with E-state index in [2.05, 4.69) is 44.5 Å². The highest BCUT2D eigenvalue weighted by molar-refractivity contribution is 7.17. The van der Waals surface area contributed by atoms with Crippen LogP contribution in [-0.4, -0.2) is 47.0 Å². The third kappa shape index (κ3) is 2.74. The number of amides is 1. The second-order valence-corrected chi connectivity index (χ2v) is 7.84. The maximum atomic E-state index is 12.3. The number of carbonyl (C=O) groups excluding carboxylic acids is 1. The Bertz CT molecular complexity index is 943. The Labute approximate surface area is 156 Å². The summed E-state index contributed by atoms with van der Waals surface area (Å²) in [5.41, 5.74) is 2.38. The average Bonchev–Trinajstić information content (AvgIpc) is 3.46. The van der Waals surface area contributed by atoms with Gasteiger partial charge in [0, 0.05) is 43.0 Å². The van der Waals surface area contributed by atoms with Gasteiger partial charge >= 0.3 is 0 Å². The number of piperazine rings is 1. The van der Waals surface area contributed by atoms with Crippen LogP contribution in [-0.2, 0) is 4.79 Å². The number of hydrogen-bond donors (Lipinski definition) is 0. The highest BCUT2D eigenvalue weighted by Gasteiger charge is 2.35. The average molecular weight is 364 g/mol. The number of nitrogens with zero attached hydrogens (tertiary/aromatic N) is 4. The Morgan fingerprint density at radius 1 is 1.04 bits per heavy atom. The smallest absolute Gasteiger partial charge is 0.225 e. The van der Waals surface area contributed by atoms with E-state index in [0.717, 1.165) is 55.1 Å². The monoisotopic (exact) mass is 364 g/mol. The zero-order valence-corrected chi connectivity index (χ0v) is 15.3. The van der Waals surface area contributed by atoms with Crippen LogP contribution in [0.1, 0.15) is 12.8 Å². The number of fused-ring (bicyclic) bond motifs is 1. The molecule has 2 aromatic heterocycles. The Morgan fingerprint density at radius 2 is 1.81 bits per heavy atom. The van der Waals surface area contributed by atoms with E-state index in [1.807, 2.05) is 11.0 Å². The van der Waals surface area contributed by atoms with Gasteiger partial charge in [-0.25, -0.2) is 9.97 Å². The van der Waals surface area contributed by atoms with Crippen LogP contribution in [0.15, 0.2) is 42.0 Å². The molecule has 0 bridgehead atoms. The van der Waals surface area contributed by atoms with Crippen molar-refractivity contribution in [1.82, 2.24) is 14.9 Å². The number of aromatic nitrogens is 2. The van der Waals surface area contributed by atoms with Crippen LogP contribution in [0.25, 0.3) is 21.3 Å². The summed E-state index contributed by atoms with van der Waals surface area (Å²) in [5.74, 6) is 1.64. The lowest BCUT2D eigenvalue weighted by atomic mass is 10.1. The predicted molar refractivity (Wildman–Crippen MR) is 104 cm³/mol. The van der Waals surface area contributed by atoms with Crippen molar-refractivity contribution in [1.29, 1.82) is 0 Å². The molecule has 0 N–H and O–H groups in total. The fourth-order valence-corrected chi connectivity index (χ4v) is 4.57. The summed E-state index contributed by atoms with van der Waals surface area (Å²) in [5, 5.41) is 3.30. The van der Waals surface area contributed by atoms with Crippen LogP contribution in [0.4, 0.5) is 5.82 Å². The molecule has 6 heteroatoms. The normalized spacial score (nSPS) is 17.7. The molecule has 1 amide bonds. The number of thiophene rings is 1. The first-order valence-corrected chi connectivity index (χ1v) is 10.0. The van der Waals surface area contributed by atoms with Gasteiger partial charge in [0.05, 0.1) is 5.39 Å². The van der Waals surface area contributed by atoms with Crippen LogP contribution in [0.3, 0.4) is 0 Å². The summed E-state index contributed by atoms with van der Waals surface area (Å²) in [6, 6.07) is 10.4. The largest absolute Gasteiger partial charge is 0.352 e. The first-order valence-electron chi connectivity index (χ1n) is 9.12. The molecule has 0 unspecified atom stereocenters. The van der Waals surface area contributed by atoms with Crippen LogP contribution in [0.5, 0.6) is 0 Å². The lowest BCUT2D eigenvalue weighted by Crippen LogP contribution is -2.49. The van der Waals surface area contributed by atoms with Gasteiger partial charge in [0.25, 0.3) is 0 Å². The highest BCUT2D eigenvalue weighted by atomic mass is 32.1. The number of benzene rings is 1. The molecule has 3 aromatic rings. The lowest BCUT2D eigenvalue weighted by Gasteiger charge is -2.35. The zero-order valence-electron chi connectivity index (χ0n) is 14.5. The maximum Gasteiger partial charge on any atom is 0.225 e. The summed E-state index contributed by atoms with van der Waals surface area (Å²) < 4.78 is 0. The molecule has 1 aliphatic carbocycles. The van der Waals surface area contributed by atoms with Crippen molar-refractivity contribution < 1.29 is 4.79 Å². The Balaban J connectivity index is 1.46. The van der Waals surface area contributed by atoms with Crippen LogP contribution in [0.2, 0.25) is 0 Å². The topological polar surface area (TPSA) is 49.3 Å². The molecule has 132 valence electrons. The van der Waals surface area contributed by atoms with E-state index in [4.69, 9.17) is 0 Å². The fraction of sp³-hybridized carbons (Fsp3) is 0.350. The Morgan fingerprint density at radius 3 is 2.54 bits per heavy atom. The molecular formula is C20H20N4OS. The van der Waals surface area contributed by atoms with Gasteiger partial charge in [-0.2, -0.15) is 0 Å². The molecule has 3 heterocycles. The van der Waals surface area contributed by atoms with Crippen molar-refractivity contribution in [2.24, 2.45) is 5.92 Å². The van der Waals surface area contributed by atoms with Gasteiger partial charge in [-0.15, -0.1) is 11.3 Å². The number of carbonyl (C=O) groups is 1. The summed E-state index contributed by atoms with van der Waals surface area (Å²) in [6.45, 7) is 3.22. The van der Waals surface area contributed by atoms with E-state index < -0.39 is 0 Å². The summed E-state index contributed by atoms with van der Waals surface area (Å²) in [7, 11) is 0. The standard InChI is InChI=1S/C20H20N4OS/c25-20(15-6-7-15)24-10-8-23(9-11-24)18-17-16(14-4-2-1-3-5-14)12-26-19(17)22-13-21-18/h1-5,12-13,15H,6-11H2. The molecule has 26 heavy (non-hydrogen) atoms. The van der Waals surface area contributed by atoms with Crippen LogP contribution in [0, 0.1) is 5.92 Å². The predicted octanol–water partition coefficient (Wildman–Crippen LogP) is 3.42. The third-order valence-corrected chi connectivity index (χ3v) is 6.14. The van der Waals surface area contributed by atoms with Gasteiger partial charge in [-0.3, -0.25) is 4.79 Å². The number of anilines is 1. The summed E-state index contributed by atoms with van der Waals surface area (Å²) in [4.78, 5) is 26.7. The van der Waals surface area contributed by atoms with Crippen molar-refractivity contribution in [2.45, 2.75) is 12.8 Å². The quantitative estimate of drug-likeness (QED) is 0.715. The van der Waals surface area contributed by atoms with Crippen molar-refractivity contribution >= 4 is 33.3 Å². The molecule has 2 fully saturated rings. The molecule has 1 aliphatic heterocycles. The van der Waals surface area contributed by atoms with Crippen molar-refractivity contribution in [3.05, 3.63) is 42.0 Å². The molecule has 1 saturated carbocycles. The molecule has 0 spiro atoms. The molecule has 0 atom stereocenters. The molecule has 2 aliphatic rings. The molecule has 1 saturated heterocycles. The Hall–Kier alpha value is -2.47. The molecular weight excluding hydrogens is 344 g/mol. The molecule has 0 radical (unpaired) electrons. The SMILES string of the molecule is O=C(C1CC1)N1CCN(c2ncnc3scc(-c4ccccc4)c23)CC1. The van der Waals surface area contributed by atoms with Gasteiger partial charge in [0.2, 0.25) is 5.91 Å². The van der Waals surface area contributed by atoms with E-state index in [9.17, 15) is 4.79 Å². The molecule has 5 nitrogen and oxygen atoms in total. The van der Waals surface area contributed by atoms with Crippen molar-refractivity contribution in [2.75, 3.05) is 31.1 Å². The van der Waals surface area contributed by atoms with E-state index in [1.54, 1.807) is 17.7 Å². The highest BCUT2D eigenvalue weighted by Crippen LogP contribution is 2.38. The van der Waals surface area contributed by atoms with E-state index in [1.165, 1.54) is 11.1 Å². The lowest BCUT2D eigenvalue weighted by molar-refractivity contribution is -0.132. The molecule has 5 rings (SSSR count). The molecule has 1 aromatic carbocycles. The minimum Gasteiger partial charge on any atom is -0.352 e. The number of hydrogen-bond acceptors (Lipinski definition) is 5. The minimum atomic E-state index is 0.300. The number of rotatable bonds is 3. The van der Waals surface area contributed by atoms with Gasteiger partial charge in [-0.05, 0) is 18.4 Å². The first-order chi connectivity index (χ1) is 12.8. The van der Waals surface area contributed by atoms with Crippen molar-refractivity contribution in [3.63, 3.8) is 0 Å². The van der Waals surface area contributed by atoms with Crippen molar-refractivity contribution in [3.8, 4) is 11.1 Å². The minimum absolute atomic E-state index is 0.300. The van der Waals surface area contributed by atoms with Crippen LogP contribution >= 0.6 is 11.3 Å². The second-order valence-electron chi connectivity index (χ2n) is 6.98. The van der Waals surface area contributed by atoms with E-state index >= 15 is 0 Å². The van der Waals surface area contributed by atoms with Gasteiger partial charge in [-0.1, -0.05) is 30.3 Å². The second kappa shape index (κ2) is 6.36. The van der Waals surface area contributed by atoms with Crippen LogP contribution < -0.4 is 4.90 Å². The van der Waals surface area contributed by atoms with Gasteiger partial charge in [0.15, 0.2) is 0 Å². The van der Waals surface area contributed by atoms with Gasteiger partial charge in [0.1, 0.15) is 17.0 Å². The zero-order chi connectivity index (χ0) is 17.5. The van der Waals surface area contributed by atoms with Gasteiger partial charge < -0.3 is 9.80 Å². The van der Waals surface area contributed by atoms with E-state index in [0.29, 0.717) is 11.8 Å². The third-order valence-electron chi connectivity index (χ3n) is 5.25. The maximum absolute atomic E-state index is 12.3. The summed E-state index contributed by atoms with van der Waals surface area (Å²) in [6.07, 6.45) is 3.80. The summed E-state index contributed by atoms with van der Waals surface area (Å²) >= 11 is 1.66. The fourth-order valence-electron chi connectivity index (χ4n) is 3.66. The van der Waals surface area contributed by atoms with E-state index in [-0.39, 0.29) is 0 Å². The Kier molecular flexibility index (Phi) is 3.85. The first kappa shape index (κ1) is 15.8.